The van der Waals surface area contributed by atoms with Gasteiger partial charge in [0.2, 0.25) is 5.91 Å². The molecule has 0 radical (unpaired) electrons. The fourth-order valence-corrected chi connectivity index (χ4v) is 6.49. The molecule has 2 aromatic heterocycles. The molecule has 2 aromatic carbocycles. The quantitative estimate of drug-likeness (QED) is 0.291. The maximum absolute atomic E-state index is 13.5. The van der Waals surface area contributed by atoms with E-state index in [0.717, 1.165) is 50.5 Å². The summed E-state index contributed by atoms with van der Waals surface area (Å²) in [6.45, 7) is 4.05. The van der Waals surface area contributed by atoms with Gasteiger partial charge in [-0.2, -0.15) is 0 Å². The lowest BCUT2D eigenvalue weighted by Crippen LogP contribution is -2.20. The van der Waals surface area contributed by atoms with Crippen LogP contribution in [0.15, 0.2) is 59.9 Å². The molecule has 1 atom stereocenters. The largest absolute Gasteiger partial charge is 0.325 e. The third-order valence-electron chi connectivity index (χ3n) is 5.69. The van der Waals surface area contributed by atoms with Crippen LogP contribution in [0, 0.1) is 13.8 Å². The zero-order valence-corrected chi connectivity index (χ0v) is 19.1. The van der Waals surface area contributed by atoms with Gasteiger partial charge in [-0.3, -0.25) is 4.79 Å². The average molecular weight is 446 g/mol. The highest BCUT2D eigenvalue weighted by Crippen LogP contribution is 2.44. The van der Waals surface area contributed by atoms with Crippen LogP contribution in [0.25, 0.3) is 10.2 Å². The van der Waals surface area contributed by atoms with E-state index in [4.69, 9.17) is 0 Å². The molecule has 0 fully saturated rings. The van der Waals surface area contributed by atoms with Gasteiger partial charge in [-0.1, -0.05) is 54.2 Å². The molecular weight excluding hydrogens is 422 g/mol. The number of benzene rings is 2. The molecule has 0 spiro atoms. The maximum Gasteiger partial charge on any atom is 0.242 e. The summed E-state index contributed by atoms with van der Waals surface area (Å²) in [5, 5.41) is 4.80. The van der Waals surface area contributed by atoms with Crippen LogP contribution in [-0.2, 0) is 17.6 Å². The molecule has 31 heavy (non-hydrogen) atoms. The molecule has 156 valence electrons. The molecule has 1 aliphatic carbocycles. The molecule has 4 nitrogen and oxygen atoms in total. The minimum Gasteiger partial charge on any atom is -0.325 e. The first-order valence-electron chi connectivity index (χ1n) is 10.4. The van der Waals surface area contributed by atoms with Crippen molar-refractivity contribution in [1.29, 1.82) is 0 Å². The van der Waals surface area contributed by atoms with E-state index < -0.39 is 5.25 Å². The number of thiophene rings is 1. The highest BCUT2D eigenvalue weighted by molar-refractivity contribution is 8.00. The van der Waals surface area contributed by atoms with Crippen LogP contribution in [0.5, 0.6) is 0 Å². The molecule has 0 aliphatic heterocycles. The smallest absolute Gasteiger partial charge is 0.242 e. The lowest BCUT2D eigenvalue weighted by atomic mass is 10.1. The Morgan fingerprint density at radius 2 is 1.94 bits per heavy atom. The van der Waals surface area contributed by atoms with Crippen LogP contribution < -0.4 is 5.32 Å². The summed E-state index contributed by atoms with van der Waals surface area (Å²) in [4.78, 5) is 25.1. The number of nitrogens with zero attached hydrogens (tertiary/aromatic N) is 2. The summed E-state index contributed by atoms with van der Waals surface area (Å²) in [7, 11) is 0. The fraction of sp³-hybridized carbons (Fsp3) is 0.240. The lowest BCUT2D eigenvalue weighted by molar-refractivity contribution is -0.115. The number of carbonyl (C=O) groups excluding carboxylic acids is 1. The van der Waals surface area contributed by atoms with Crippen molar-refractivity contribution in [3.05, 3.63) is 82.0 Å². The van der Waals surface area contributed by atoms with Gasteiger partial charge in [-0.25, -0.2) is 9.97 Å². The zero-order chi connectivity index (χ0) is 21.4. The predicted molar refractivity (Wildman–Crippen MR) is 129 cm³/mol. The molecule has 1 amide bonds. The van der Waals surface area contributed by atoms with Crippen molar-refractivity contribution in [2.45, 2.75) is 43.4 Å². The van der Waals surface area contributed by atoms with E-state index in [-0.39, 0.29) is 5.91 Å². The first-order chi connectivity index (χ1) is 15.1. The number of amides is 1. The Bertz CT molecular complexity index is 1270. The number of carbonyl (C=O) groups is 1. The summed E-state index contributed by atoms with van der Waals surface area (Å²) < 4.78 is 0. The number of hydrogen-bond acceptors (Lipinski definition) is 5. The zero-order valence-electron chi connectivity index (χ0n) is 17.5. The molecule has 1 aliphatic rings. The molecular formula is C25H23N3OS2. The van der Waals surface area contributed by atoms with Crippen LogP contribution in [0.2, 0.25) is 0 Å². The Morgan fingerprint density at radius 3 is 2.77 bits per heavy atom. The number of anilines is 1. The summed E-state index contributed by atoms with van der Waals surface area (Å²) in [6, 6.07) is 16.1. The Balaban J connectivity index is 1.53. The van der Waals surface area contributed by atoms with Crippen LogP contribution in [0.3, 0.4) is 0 Å². The van der Waals surface area contributed by atoms with E-state index in [9.17, 15) is 4.79 Å². The van der Waals surface area contributed by atoms with Gasteiger partial charge in [0.1, 0.15) is 21.4 Å². The van der Waals surface area contributed by atoms with Gasteiger partial charge >= 0.3 is 0 Å². The molecule has 2 heterocycles. The highest BCUT2D eigenvalue weighted by atomic mass is 32.2. The fourth-order valence-electron chi connectivity index (χ4n) is 4.07. The number of hydrogen-bond donors (Lipinski definition) is 1. The van der Waals surface area contributed by atoms with Gasteiger partial charge < -0.3 is 5.32 Å². The van der Waals surface area contributed by atoms with Gasteiger partial charge in [0, 0.05) is 16.0 Å². The van der Waals surface area contributed by atoms with Crippen molar-refractivity contribution in [3.63, 3.8) is 0 Å². The summed E-state index contributed by atoms with van der Waals surface area (Å²) in [6.07, 6.45) is 5.00. The second-order valence-corrected chi connectivity index (χ2v) is 10.1. The second-order valence-electron chi connectivity index (χ2n) is 7.93. The van der Waals surface area contributed by atoms with E-state index >= 15 is 0 Å². The summed E-state index contributed by atoms with van der Waals surface area (Å²) in [5.41, 5.74) is 5.38. The maximum atomic E-state index is 13.5. The van der Waals surface area contributed by atoms with E-state index in [2.05, 4.69) is 21.4 Å². The normalized spacial score (nSPS) is 13.9. The number of rotatable bonds is 5. The standard InChI is InChI=1S/C25H23N3OS2/c1-15-11-12-16(2)19(13-15)28-23(29)22(17-7-4-3-5-8-17)31-25-21-18-9-6-10-20(18)30-24(21)26-14-27-25/h3-5,7-8,11-14,22H,6,9-10H2,1-2H3,(H,28,29). The van der Waals surface area contributed by atoms with Gasteiger partial charge in [0.05, 0.1) is 0 Å². The van der Waals surface area contributed by atoms with E-state index in [1.165, 1.54) is 28.6 Å². The van der Waals surface area contributed by atoms with Crippen LogP contribution in [0.4, 0.5) is 5.69 Å². The highest BCUT2D eigenvalue weighted by Gasteiger charge is 2.27. The third kappa shape index (κ3) is 3.98. The van der Waals surface area contributed by atoms with Crippen LogP contribution in [-0.4, -0.2) is 15.9 Å². The minimum atomic E-state index is -0.406. The molecule has 6 heteroatoms. The SMILES string of the molecule is Cc1ccc(C)c(NC(=O)C(Sc2ncnc3sc4c(c23)CCC4)c2ccccc2)c1. The predicted octanol–water partition coefficient (Wildman–Crippen LogP) is 6.27. The minimum absolute atomic E-state index is 0.0384. The van der Waals surface area contributed by atoms with Gasteiger partial charge in [-0.05, 0) is 61.4 Å². The van der Waals surface area contributed by atoms with Gasteiger partial charge in [0.15, 0.2) is 0 Å². The van der Waals surface area contributed by atoms with Crippen molar-refractivity contribution in [2.24, 2.45) is 0 Å². The van der Waals surface area contributed by atoms with Crippen molar-refractivity contribution in [1.82, 2.24) is 9.97 Å². The van der Waals surface area contributed by atoms with E-state index in [1.54, 1.807) is 17.7 Å². The number of nitrogens with one attached hydrogen (secondary N) is 1. The number of aryl methyl sites for hydroxylation is 4. The Morgan fingerprint density at radius 1 is 1.10 bits per heavy atom. The van der Waals surface area contributed by atoms with Crippen molar-refractivity contribution < 1.29 is 4.79 Å². The molecule has 1 N–H and O–H groups in total. The molecule has 0 saturated heterocycles. The number of fused-ring (bicyclic) bond motifs is 3. The lowest BCUT2D eigenvalue weighted by Gasteiger charge is -2.18. The van der Waals surface area contributed by atoms with E-state index in [1.807, 2.05) is 56.3 Å². The van der Waals surface area contributed by atoms with Crippen molar-refractivity contribution in [3.8, 4) is 0 Å². The number of thioether (sulfide) groups is 1. The third-order valence-corrected chi connectivity index (χ3v) is 8.14. The molecule has 5 rings (SSSR count). The monoisotopic (exact) mass is 445 g/mol. The topological polar surface area (TPSA) is 54.9 Å². The van der Waals surface area contributed by atoms with Crippen LogP contribution in [0.1, 0.15) is 38.8 Å². The van der Waals surface area contributed by atoms with Crippen LogP contribution >= 0.6 is 23.1 Å². The Kier molecular flexibility index (Phi) is 5.50. The average Bonchev–Trinajstić information content (AvgIpc) is 3.36. The number of aromatic nitrogens is 2. The molecule has 0 saturated carbocycles. The van der Waals surface area contributed by atoms with Gasteiger partial charge in [-0.15, -0.1) is 11.3 Å². The first kappa shape index (κ1) is 20.2. The second kappa shape index (κ2) is 8.44. The first-order valence-corrected chi connectivity index (χ1v) is 12.1. The Hall–Kier alpha value is -2.70. The van der Waals surface area contributed by atoms with Crippen molar-refractivity contribution >= 4 is 44.9 Å². The summed E-state index contributed by atoms with van der Waals surface area (Å²) >= 11 is 3.30. The molecule has 1 unspecified atom stereocenters. The molecule has 0 bridgehead atoms. The van der Waals surface area contributed by atoms with Crippen molar-refractivity contribution in [2.75, 3.05) is 5.32 Å². The Labute approximate surface area is 190 Å². The summed E-state index contributed by atoms with van der Waals surface area (Å²) in [5.74, 6) is -0.0384. The molecule has 4 aromatic rings. The van der Waals surface area contributed by atoms with E-state index in [0.29, 0.717) is 0 Å². The van der Waals surface area contributed by atoms with Gasteiger partial charge in [0.25, 0.3) is 0 Å².